The first-order valence-electron chi connectivity index (χ1n) is 7.38. The third kappa shape index (κ3) is 4.24. The molecule has 0 fully saturated rings. The first-order chi connectivity index (χ1) is 11.2. The van der Waals surface area contributed by atoms with E-state index in [0.717, 1.165) is 16.5 Å². The highest BCUT2D eigenvalue weighted by atomic mass is 35.5. The molecule has 3 aromatic rings. The molecule has 0 bridgehead atoms. The van der Waals surface area contributed by atoms with Gasteiger partial charge < -0.3 is 10.1 Å². The minimum atomic E-state index is -0.0748. The largest absolute Gasteiger partial charge is 0.493 e. The van der Waals surface area contributed by atoms with Crippen LogP contribution in [0.15, 0.2) is 66.7 Å². The van der Waals surface area contributed by atoms with E-state index in [4.69, 9.17) is 16.3 Å². The van der Waals surface area contributed by atoms with Crippen molar-refractivity contribution >= 4 is 34.0 Å². The van der Waals surface area contributed by atoms with E-state index in [1.807, 2.05) is 42.5 Å². The molecule has 0 spiro atoms. The van der Waals surface area contributed by atoms with Crippen molar-refractivity contribution in [2.45, 2.75) is 6.42 Å². The third-order valence-corrected chi connectivity index (χ3v) is 3.70. The molecule has 0 radical (unpaired) electrons. The Balaban J connectivity index is 1.53. The summed E-state index contributed by atoms with van der Waals surface area (Å²) in [6.45, 7) is 0.320. The van der Waals surface area contributed by atoms with Gasteiger partial charge in [-0.3, -0.25) is 4.79 Å². The quantitative estimate of drug-likeness (QED) is 0.724. The van der Waals surface area contributed by atoms with Crippen molar-refractivity contribution in [3.63, 3.8) is 0 Å². The minimum Gasteiger partial charge on any atom is -0.493 e. The summed E-state index contributed by atoms with van der Waals surface area (Å²) in [7, 11) is 0. The van der Waals surface area contributed by atoms with Crippen LogP contribution in [0, 0.1) is 0 Å². The molecule has 0 aliphatic rings. The number of ether oxygens (including phenoxy) is 1. The van der Waals surface area contributed by atoms with Gasteiger partial charge >= 0.3 is 0 Å². The molecule has 1 amide bonds. The highest BCUT2D eigenvalue weighted by Gasteiger charge is 2.04. The average Bonchev–Trinajstić information content (AvgIpc) is 2.56. The summed E-state index contributed by atoms with van der Waals surface area (Å²) in [4.78, 5) is 12.0. The van der Waals surface area contributed by atoms with E-state index in [0.29, 0.717) is 17.4 Å². The zero-order valence-corrected chi connectivity index (χ0v) is 13.2. The lowest BCUT2D eigenvalue weighted by Gasteiger charge is -2.08. The lowest BCUT2D eigenvalue weighted by molar-refractivity contribution is -0.116. The number of carbonyl (C=O) groups excluding carboxylic acids is 1. The van der Waals surface area contributed by atoms with Crippen molar-refractivity contribution in [3.05, 3.63) is 71.8 Å². The van der Waals surface area contributed by atoms with E-state index in [1.165, 1.54) is 0 Å². The maximum atomic E-state index is 12.0. The highest BCUT2D eigenvalue weighted by Crippen LogP contribution is 2.19. The Kier molecular flexibility index (Phi) is 4.79. The van der Waals surface area contributed by atoms with E-state index in [-0.39, 0.29) is 12.3 Å². The molecule has 0 atom stereocenters. The Morgan fingerprint density at radius 3 is 2.48 bits per heavy atom. The van der Waals surface area contributed by atoms with Gasteiger partial charge in [0.1, 0.15) is 5.75 Å². The molecule has 0 saturated carbocycles. The van der Waals surface area contributed by atoms with Gasteiger partial charge in [0.25, 0.3) is 0 Å². The van der Waals surface area contributed by atoms with E-state index < -0.39 is 0 Å². The maximum absolute atomic E-state index is 12.0. The van der Waals surface area contributed by atoms with Crippen LogP contribution in [0.5, 0.6) is 5.75 Å². The fourth-order valence-electron chi connectivity index (χ4n) is 2.28. The zero-order chi connectivity index (χ0) is 16.1. The summed E-state index contributed by atoms with van der Waals surface area (Å²) in [6, 6.07) is 21.0. The fraction of sp³-hybridized carbons (Fsp3) is 0.105. The summed E-state index contributed by atoms with van der Waals surface area (Å²) in [5, 5.41) is 5.80. The lowest BCUT2D eigenvalue weighted by Crippen LogP contribution is -2.15. The van der Waals surface area contributed by atoms with Crippen LogP contribution < -0.4 is 10.1 Å². The summed E-state index contributed by atoms with van der Waals surface area (Å²) in [6.07, 6.45) is 0.287. The predicted octanol–water partition coefficient (Wildman–Crippen LogP) is 4.90. The Morgan fingerprint density at radius 1 is 0.957 bits per heavy atom. The van der Waals surface area contributed by atoms with Crippen LogP contribution in [0.1, 0.15) is 6.42 Å². The molecule has 3 aromatic carbocycles. The number of hydrogen-bond acceptors (Lipinski definition) is 2. The van der Waals surface area contributed by atoms with Crippen LogP contribution in [-0.4, -0.2) is 12.5 Å². The molecular weight excluding hydrogens is 310 g/mol. The van der Waals surface area contributed by atoms with Gasteiger partial charge in [-0.15, -0.1) is 0 Å². The Hall–Kier alpha value is -2.52. The van der Waals surface area contributed by atoms with Crippen LogP contribution in [0.3, 0.4) is 0 Å². The number of halogens is 1. The van der Waals surface area contributed by atoms with Crippen molar-refractivity contribution in [2.75, 3.05) is 11.9 Å². The van der Waals surface area contributed by atoms with Gasteiger partial charge in [-0.05, 0) is 47.2 Å². The third-order valence-electron chi connectivity index (χ3n) is 3.44. The van der Waals surface area contributed by atoms with Gasteiger partial charge in [-0.2, -0.15) is 0 Å². The van der Waals surface area contributed by atoms with Crippen molar-refractivity contribution < 1.29 is 9.53 Å². The SMILES string of the molecule is O=C(CCOc1ccc(Cl)cc1)Nc1ccc2ccccc2c1. The normalized spacial score (nSPS) is 10.5. The Labute approximate surface area is 139 Å². The molecule has 1 N–H and O–H groups in total. The summed E-state index contributed by atoms with van der Waals surface area (Å²) in [5.41, 5.74) is 0.792. The van der Waals surface area contributed by atoms with E-state index in [1.54, 1.807) is 24.3 Å². The number of rotatable bonds is 5. The highest BCUT2D eigenvalue weighted by molar-refractivity contribution is 6.30. The second kappa shape index (κ2) is 7.16. The van der Waals surface area contributed by atoms with Gasteiger partial charge in [0.05, 0.1) is 13.0 Å². The van der Waals surface area contributed by atoms with Gasteiger partial charge in [-0.25, -0.2) is 0 Å². The molecule has 0 saturated heterocycles. The molecule has 0 aromatic heterocycles. The molecule has 0 aliphatic heterocycles. The molecule has 4 heteroatoms. The number of hydrogen-bond donors (Lipinski definition) is 1. The van der Waals surface area contributed by atoms with Crippen LogP contribution in [0.4, 0.5) is 5.69 Å². The summed E-state index contributed by atoms with van der Waals surface area (Å²) < 4.78 is 5.52. The van der Waals surface area contributed by atoms with Crippen LogP contribution in [-0.2, 0) is 4.79 Å². The summed E-state index contributed by atoms with van der Waals surface area (Å²) in [5.74, 6) is 0.627. The van der Waals surface area contributed by atoms with Crippen LogP contribution >= 0.6 is 11.6 Å². The average molecular weight is 326 g/mol. The first-order valence-corrected chi connectivity index (χ1v) is 7.75. The van der Waals surface area contributed by atoms with E-state index in [9.17, 15) is 4.79 Å². The zero-order valence-electron chi connectivity index (χ0n) is 12.5. The smallest absolute Gasteiger partial charge is 0.227 e. The molecule has 23 heavy (non-hydrogen) atoms. The number of benzene rings is 3. The molecule has 3 nitrogen and oxygen atoms in total. The Bertz CT molecular complexity index is 815. The molecule has 0 aliphatic carbocycles. The number of nitrogens with one attached hydrogen (secondary N) is 1. The molecule has 116 valence electrons. The molecular formula is C19H16ClNO2. The van der Waals surface area contributed by atoms with E-state index in [2.05, 4.69) is 5.32 Å². The Morgan fingerprint density at radius 2 is 1.70 bits per heavy atom. The minimum absolute atomic E-state index is 0.0748. The second-order valence-electron chi connectivity index (χ2n) is 5.16. The number of fused-ring (bicyclic) bond motifs is 1. The van der Waals surface area contributed by atoms with Gasteiger partial charge in [0, 0.05) is 10.7 Å². The molecule has 0 unspecified atom stereocenters. The molecule has 3 rings (SSSR count). The van der Waals surface area contributed by atoms with Gasteiger partial charge in [-0.1, -0.05) is 41.9 Å². The lowest BCUT2D eigenvalue weighted by atomic mass is 10.1. The van der Waals surface area contributed by atoms with Crippen LogP contribution in [0.25, 0.3) is 10.8 Å². The van der Waals surface area contributed by atoms with Crippen molar-refractivity contribution in [3.8, 4) is 5.75 Å². The van der Waals surface area contributed by atoms with Crippen LogP contribution in [0.2, 0.25) is 5.02 Å². The predicted molar refractivity (Wildman–Crippen MR) is 94.1 cm³/mol. The number of anilines is 1. The second-order valence-corrected chi connectivity index (χ2v) is 5.60. The topological polar surface area (TPSA) is 38.3 Å². The van der Waals surface area contributed by atoms with E-state index >= 15 is 0 Å². The standard InChI is InChI=1S/C19H16ClNO2/c20-16-6-9-18(10-7-16)23-12-11-19(22)21-17-8-5-14-3-1-2-4-15(14)13-17/h1-10,13H,11-12H2,(H,21,22). The molecule has 0 heterocycles. The van der Waals surface area contributed by atoms with Crippen molar-refractivity contribution in [2.24, 2.45) is 0 Å². The van der Waals surface area contributed by atoms with Gasteiger partial charge in [0.15, 0.2) is 0 Å². The fourth-order valence-corrected chi connectivity index (χ4v) is 2.41. The first kappa shape index (κ1) is 15.4. The van der Waals surface area contributed by atoms with Crippen molar-refractivity contribution in [1.82, 2.24) is 0 Å². The maximum Gasteiger partial charge on any atom is 0.227 e. The van der Waals surface area contributed by atoms with Gasteiger partial charge in [0.2, 0.25) is 5.91 Å². The van der Waals surface area contributed by atoms with Crippen molar-refractivity contribution in [1.29, 1.82) is 0 Å². The monoisotopic (exact) mass is 325 g/mol. The summed E-state index contributed by atoms with van der Waals surface area (Å²) >= 11 is 5.81. The number of carbonyl (C=O) groups is 1. The number of amides is 1.